The lowest BCUT2D eigenvalue weighted by molar-refractivity contribution is -0.0711. The summed E-state index contributed by atoms with van der Waals surface area (Å²) in [6.07, 6.45) is -0.236. The average molecular weight is 496 g/mol. The highest BCUT2D eigenvalue weighted by molar-refractivity contribution is 6.62. The first-order chi connectivity index (χ1) is 16.9. The van der Waals surface area contributed by atoms with Crippen LogP contribution in [0.1, 0.15) is 27.7 Å². The van der Waals surface area contributed by atoms with Crippen molar-refractivity contribution in [3.63, 3.8) is 0 Å². The van der Waals surface area contributed by atoms with E-state index in [1.807, 2.05) is 52.0 Å². The van der Waals surface area contributed by atoms with Crippen LogP contribution in [-0.2, 0) is 37.7 Å². The Morgan fingerprint density at radius 2 is 1.14 bits per heavy atom. The fraction of sp³-hybridized carbons (Fsp3) is 0.760. The predicted octanol–water partition coefficient (Wildman–Crippen LogP) is 1.85. The molecule has 10 heteroatoms. The SMILES string of the molecule is CC1(C)OB(c2ccc(OCC3COCCOCCOCCOCCOCCO3)cc2)OC1(C)C. The molecule has 0 spiro atoms. The minimum atomic E-state index is -0.397. The van der Waals surface area contributed by atoms with Crippen LogP contribution in [0.5, 0.6) is 5.75 Å². The number of rotatable bonds is 4. The standard InChI is InChI=1S/C25H41BO9/c1-24(2)25(3,4)35-26(34-24)21-5-7-22(8-6-21)33-20-23-19-31-16-15-29-12-11-27-9-10-28-13-14-30-17-18-32-23/h5-8,23H,9-20H2,1-4H3. The zero-order chi connectivity index (χ0) is 25.0. The van der Waals surface area contributed by atoms with Gasteiger partial charge in [-0.15, -0.1) is 0 Å². The summed E-state index contributed by atoms with van der Waals surface area (Å²) in [6, 6.07) is 7.77. The van der Waals surface area contributed by atoms with Gasteiger partial charge in [0.05, 0.1) is 83.9 Å². The molecule has 2 heterocycles. The molecule has 0 aromatic heterocycles. The minimum Gasteiger partial charge on any atom is -0.491 e. The first-order valence-electron chi connectivity index (χ1n) is 12.5. The van der Waals surface area contributed by atoms with E-state index in [2.05, 4.69) is 0 Å². The van der Waals surface area contributed by atoms with Crippen molar-refractivity contribution in [3.05, 3.63) is 24.3 Å². The molecular weight excluding hydrogens is 455 g/mol. The Kier molecular flexibility index (Phi) is 11.7. The molecule has 2 aliphatic rings. The summed E-state index contributed by atoms with van der Waals surface area (Å²) in [7, 11) is -0.397. The Balaban J connectivity index is 1.45. The zero-order valence-electron chi connectivity index (χ0n) is 21.6. The van der Waals surface area contributed by atoms with Gasteiger partial charge in [0.1, 0.15) is 18.5 Å². The van der Waals surface area contributed by atoms with Gasteiger partial charge in [-0.05, 0) is 45.3 Å². The molecule has 0 N–H and O–H groups in total. The molecule has 0 amide bonds. The van der Waals surface area contributed by atoms with Gasteiger partial charge in [-0.25, -0.2) is 0 Å². The topological polar surface area (TPSA) is 83.1 Å². The normalized spacial score (nSPS) is 25.5. The largest absolute Gasteiger partial charge is 0.494 e. The van der Waals surface area contributed by atoms with Gasteiger partial charge in [0.25, 0.3) is 0 Å². The van der Waals surface area contributed by atoms with Crippen LogP contribution in [0.3, 0.4) is 0 Å². The number of benzene rings is 1. The Bertz CT molecular complexity index is 679. The van der Waals surface area contributed by atoms with Crippen molar-refractivity contribution in [2.75, 3.05) is 79.3 Å². The maximum absolute atomic E-state index is 6.12. The van der Waals surface area contributed by atoms with Crippen molar-refractivity contribution >= 4 is 12.6 Å². The summed E-state index contributed by atoms with van der Waals surface area (Å²) in [4.78, 5) is 0. The molecule has 3 rings (SSSR count). The van der Waals surface area contributed by atoms with Crippen molar-refractivity contribution in [3.8, 4) is 5.75 Å². The van der Waals surface area contributed by atoms with Gasteiger partial charge in [0, 0.05) is 0 Å². The second-order valence-electron chi connectivity index (χ2n) is 9.49. The van der Waals surface area contributed by atoms with E-state index in [0.717, 1.165) is 11.2 Å². The maximum Gasteiger partial charge on any atom is 0.494 e. The Labute approximate surface area is 209 Å². The molecular formula is C25H41BO9. The van der Waals surface area contributed by atoms with E-state index in [-0.39, 0.29) is 17.3 Å². The lowest BCUT2D eigenvalue weighted by Gasteiger charge is -2.32. The van der Waals surface area contributed by atoms with Crippen molar-refractivity contribution in [1.29, 1.82) is 0 Å². The zero-order valence-corrected chi connectivity index (χ0v) is 21.6. The molecule has 0 radical (unpaired) electrons. The molecule has 198 valence electrons. The molecule has 0 bridgehead atoms. The Morgan fingerprint density at radius 1 is 0.686 bits per heavy atom. The van der Waals surface area contributed by atoms with Crippen LogP contribution in [0.2, 0.25) is 0 Å². The van der Waals surface area contributed by atoms with Crippen molar-refractivity contribution in [2.45, 2.75) is 45.0 Å². The predicted molar refractivity (Wildman–Crippen MR) is 131 cm³/mol. The highest BCUT2D eigenvalue weighted by Crippen LogP contribution is 2.36. The van der Waals surface area contributed by atoms with Gasteiger partial charge in [-0.2, -0.15) is 0 Å². The second kappa shape index (κ2) is 14.5. The summed E-state index contributed by atoms with van der Waals surface area (Å²) < 4.78 is 51.9. The van der Waals surface area contributed by atoms with Gasteiger partial charge in [-0.3, -0.25) is 0 Å². The molecule has 1 atom stereocenters. The first kappa shape index (κ1) is 28.3. The van der Waals surface area contributed by atoms with Crippen LogP contribution in [0.25, 0.3) is 0 Å². The highest BCUT2D eigenvalue weighted by atomic mass is 16.7. The van der Waals surface area contributed by atoms with Gasteiger partial charge < -0.3 is 42.5 Å². The molecule has 0 saturated carbocycles. The maximum atomic E-state index is 6.12. The summed E-state index contributed by atoms with van der Waals surface area (Å²) >= 11 is 0. The second-order valence-corrected chi connectivity index (χ2v) is 9.49. The van der Waals surface area contributed by atoms with Crippen LogP contribution in [0, 0.1) is 0 Å². The molecule has 35 heavy (non-hydrogen) atoms. The smallest absolute Gasteiger partial charge is 0.491 e. The number of hydrogen-bond acceptors (Lipinski definition) is 9. The third kappa shape index (κ3) is 9.62. The van der Waals surface area contributed by atoms with Gasteiger partial charge in [-0.1, -0.05) is 12.1 Å². The molecule has 1 aromatic carbocycles. The summed E-state index contributed by atoms with van der Waals surface area (Å²) in [5, 5.41) is 0. The van der Waals surface area contributed by atoms with Crippen molar-refractivity contribution in [1.82, 2.24) is 0 Å². The molecule has 1 aromatic rings. The van der Waals surface area contributed by atoms with Crippen LogP contribution < -0.4 is 10.2 Å². The van der Waals surface area contributed by atoms with Gasteiger partial charge in [0.15, 0.2) is 0 Å². The monoisotopic (exact) mass is 496 g/mol. The summed E-state index contributed by atoms with van der Waals surface area (Å²) in [5.41, 5.74) is 0.212. The van der Waals surface area contributed by atoms with Crippen LogP contribution >= 0.6 is 0 Å². The van der Waals surface area contributed by atoms with E-state index in [9.17, 15) is 0 Å². The van der Waals surface area contributed by atoms with E-state index in [4.69, 9.17) is 42.5 Å². The molecule has 2 fully saturated rings. The first-order valence-corrected chi connectivity index (χ1v) is 12.5. The lowest BCUT2D eigenvalue weighted by Crippen LogP contribution is -2.41. The fourth-order valence-electron chi connectivity index (χ4n) is 3.40. The Hall–Kier alpha value is -1.24. The fourth-order valence-corrected chi connectivity index (χ4v) is 3.40. The van der Waals surface area contributed by atoms with E-state index in [1.165, 1.54) is 0 Å². The van der Waals surface area contributed by atoms with Gasteiger partial charge in [0.2, 0.25) is 0 Å². The molecule has 0 aliphatic carbocycles. The van der Waals surface area contributed by atoms with Crippen LogP contribution in [0.15, 0.2) is 24.3 Å². The van der Waals surface area contributed by atoms with Crippen LogP contribution in [0.4, 0.5) is 0 Å². The van der Waals surface area contributed by atoms with E-state index in [0.29, 0.717) is 79.3 Å². The van der Waals surface area contributed by atoms with Crippen molar-refractivity contribution in [2.24, 2.45) is 0 Å². The van der Waals surface area contributed by atoms with Crippen molar-refractivity contribution < 1.29 is 42.5 Å². The van der Waals surface area contributed by atoms with E-state index < -0.39 is 7.12 Å². The molecule has 2 aliphatic heterocycles. The third-order valence-electron chi connectivity index (χ3n) is 6.21. The Morgan fingerprint density at radius 3 is 1.66 bits per heavy atom. The average Bonchev–Trinajstić information content (AvgIpc) is 3.05. The lowest BCUT2D eigenvalue weighted by atomic mass is 9.79. The van der Waals surface area contributed by atoms with E-state index in [1.54, 1.807) is 0 Å². The number of hydrogen-bond donors (Lipinski definition) is 0. The van der Waals surface area contributed by atoms with E-state index >= 15 is 0 Å². The summed E-state index contributed by atoms with van der Waals surface area (Å²) in [5.74, 6) is 0.741. The number of ether oxygens (including phenoxy) is 7. The highest BCUT2D eigenvalue weighted by Gasteiger charge is 2.51. The molecule has 2 saturated heterocycles. The quantitative estimate of drug-likeness (QED) is 0.580. The molecule has 1 unspecified atom stereocenters. The van der Waals surface area contributed by atoms with Gasteiger partial charge >= 0.3 is 7.12 Å². The third-order valence-corrected chi connectivity index (χ3v) is 6.21. The summed E-state index contributed by atoms with van der Waals surface area (Å²) in [6.45, 7) is 14.0. The molecule has 9 nitrogen and oxygen atoms in total. The van der Waals surface area contributed by atoms with Crippen LogP contribution in [-0.4, -0.2) is 104 Å². The minimum absolute atomic E-state index is 0.236.